The number of fused-ring (bicyclic) bond motifs is 1. The summed E-state index contributed by atoms with van der Waals surface area (Å²) in [5.41, 5.74) is 3.95. The third-order valence-electron chi connectivity index (χ3n) is 4.59. The van der Waals surface area contributed by atoms with E-state index in [-0.39, 0.29) is 32.0 Å². The van der Waals surface area contributed by atoms with Crippen molar-refractivity contribution in [3.63, 3.8) is 0 Å². The normalized spacial score (nSPS) is 18.1. The van der Waals surface area contributed by atoms with Gasteiger partial charge in [-0.3, -0.25) is 19.8 Å². The molecular formula is C21H15N3O4S2. The number of rotatable bonds is 4. The van der Waals surface area contributed by atoms with Crippen molar-refractivity contribution < 1.29 is 19.5 Å². The van der Waals surface area contributed by atoms with Crippen molar-refractivity contribution in [1.29, 1.82) is 0 Å². The first kappa shape index (κ1) is 19.9. The number of hydrazine groups is 1. The Morgan fingerprint density at radius 1 is 1.13 bits per heavy atom. The van der Waals surface area contributed by atoms with E-state index in [0.717, 1.165) is 16.8 Å². The van der Waals surface area contributed by atoms with E-state index in [1.807, 2.05) is 6.07 Å². The number of nitrogens with one attached hydrogen (secondary N) is 1. The van der Waals surface area contributed by atoms with Crippen LogP contribution in [-0.2, 0) is 9.59 Å². The lowest BCUT2D eigenvalue weighted by atomic mass is 10.1. The Morgan fingerprint density at radius 3 is 2.57 bits per heavy atom. The highest BCUT2D eigenvalue weighted by molar-refractivity contribution is 8.26. The van der Waals surface area contributed by atoms with Crippen LogP contribution >= 0.6 is 24.0 Å². The zero-order valence-corrected chi connectivity index (χ0v) is 17.1. The number of phenolic OH excluding ortho intramolecular Hbond substituents is 1. The van der Waals surface area contributed by atoms with Gasteiger partial charge in [0.25, 0.3) is 17.7 Å². The van der Waals surface area contributed by atoms with Gasteiger partial charge in [0.05, 0.1) is 21.7 Å². The minimum Gasteiger partial charge on any atom is -0.507 e. The fourth-order valence-electron chi connectivity index (χ4n) is 3.25. The van der Waals surface area contributed by atoms with Gasteiger partial charge >= 0.3 is 0 Å². The highest BCUT2D eigenvalue weighted by Crippen LogP contribution is 2.44. The van der Waals surface area contributed by atoms with E-state index in [4.69, 9.17) is 12.2 Å². The lowest BCUT2D eigenvalue weighted by molar-refractivity contribution is -0.124. The SMILES string of the molecule is C=CCN1C(=O)/C(=C2/SC(=S)N(NC(=O)c3ccccc3O)C2=O)c2ccccc21. The number of phenols is 1. The molecule has 1 saturated heterocycles. The number of aromatic hydroxyl groups is 1. The largest absolute Gasteiger partial charge is 0.507 e. The topological polar surface area (TPSA) is 90.0 Å². The van der Waals surface area contributed by atoms with Crippen molar-refractivity contribution in [3.8, 4) is 5.75 Å². The molecule has 0 atom stereocenters. The first-order valence-corrected chi connectivity index (χ1v) is 10.1. The average Bonchev–Trinajstić information content (AvgIpc) is 3.16. The first-order chi connectivity index (χ1) is 14.4. The lowest BCUT2D eigenvalue weighted by Crippen LogP contribution is -2.45. The number of anilines is 1. The van der Waals surface area contributed by atoms with Gasteiger partial charge in [0.2, 0.25) is 0 Å². The summed E-state index contributed by atoms with van der Waals surface area (Å²) in [5.74, 6) is -1.85. The third-order valence-corrected chi connectivity index (χ3v) is 5.97. The minimum atomic E-state index is -0.693. The quantitative estimate of drug-likeness (QED) is 0.434. The summed E-state index contributed by atoms with van der Waals surface area (Å²) in [7, 11) is 0. The smallest absolute Gasteiger partial charge is 0.286 e. The van der Waals surface area contributed by atoms with Crippen LogP contribution in [0.2, 0.25) is 0 Å². The molecule has 0 aliphatic carbocycles. The molecular weight excluding hydrogens is 422 g/mol. The predicted octanol–water partition coefficient (Wildman–Crippen LogP) is 2.84. The van der Waals surface area contributed by atoms with E-state index in [0.29, 0.717) is 17.8 Å². The van der Waals surface area contributed by atoms with E-state index in [9.17, 15) is 19.5 Å². The monoisotopic (exact) mass is 437 g/mol. The first-order valence-electron chi connectivity index (χ1n) is 8.85. The Balaban J connectivity index is 1.69. The molecule has 1 fully saturated rings. The van der Waals surface area contributed by atoms with E-state index in [1.54, 1.807) is 36.4 Å². The van der Waals surface area contributed by atoms with Crippen LogP contribution in [0.4, 0.5) is 5.69 Å². The number of benzene rings is 2. The summed E-state index contributed by atoms with van der Waals surface area (Å²) in [6, 6.07) is 13.1. The van der Waals surface area contributed by atoms with Crippen LogP contribution in [0.3, 0.4) is 0 Å². The number of carbonyl (C=O) groups is 3. The van der Waals surface area contributed by atoms with Crippen molar-refractivity contribution in [1.82, 2.24) is 10.4 Å². The molecule has 4 rings (SSSR count). The Kier molecular flexibility index (Phi) is 5.15. The van der Waals surface area contributed by atoms with Gasteiger partial charge in [-0.15, -0.1) is 6.58 Å². The Labute approximate surface area is 181 Å². The van der Waals surface area contributed by atoms with Crippen LogP contribution < -0.4 is 10.3 Å². The second kappa shape index (κ2) is 7.77. The molecule has 3 amide bonds. The summed E-state index contributed by atoms with van der Waals surface area (Å²) in [6.07, 6.45) is 1.61. The summed E-state index contributed by atoms with van der Waals surface area (Å²) >= 11 is 6.21. The van der Waals surface area contributed by atoms with Gasteiger partial charge in [0, 0.05) is 12.1 Å². The summed E-state index contributed by atoms with van der Waals surface area (Å²) in [6.45, 7) is 3.98. The number of para-hydroxylation sites is 2. The highest BCUT2D eigenvalue weighted by atomic mass is 32.2. The van der Waals surface area contributed by atoms with E-state index < -0.39 is 11.8 Å². The molecule has 2 heterocycles. The average molecular weight is 438 g/mol. The fraction of sp³-hybridized carbons (Fsp3) is 0.0476. The maximum atomic E-state index is 13.1. The van der Waals surface area contributed by atoms with Gasteiger partial charge in [-0.1, -0.05) is 48.2 Å². The van der Waals surface area contributed by atoms with Crippen LogP contribution in [-0.4, -0.2) is 38.7 Å². The highest BCUT2D eigenvalue weighted by Gasteiger charge is 2.42. The van der Waals surface area contributed by atoms with E-state index >= 15 is 0 Å². The van der Waals surface area contributed by atoms with Crippen LogP contribution in [0.25, 0.3) is 5.57 Å². The number of nitrogens with zero attached hydrogens (tertiary/aromatic N) is 2. The number of thioether (sulfide) groups is 1. The number of thiocarbonyl (C=S) groups is 1. The molecule has 0 radical (unpaired) electrons. The summed E-state index contributed by atoms with van der Waals surface area (Å²) in [5, 5.41) is 10.8. The second-order valence-corrected chi connectivity index (χ2v) is 8.04. The van der Waals surface area contributed by atoms with Crippen LogP contribution in [0.5, 0.6) is 5.75 Å². The Hall–Kier alpha value is -3.43. The zero-order chi connectivity index (χ0) is 21.4. The van der Waals surface area contributed by atoms with E-state index in [2.05, 4.69) is 12.0 Å². The molecule has 2 aromatic rings. The summed E-state index contributed by atoms with van der Waals surface area (Å²) < 4.78 is 0.0822. The molecule has 0 unspecified atom stereocenters. The van der Waals surface area contributed by atoms with Crippen molar-refractivity contribution in [2.24, 2.45) is 0 Å². The minimum absolute atomic E-state index is 0.00125. The Bertz CT molecular complexity index is 1160. The van der Waals surface area contributed by atoms with Crippen molar-refractivity contribution >= 4 is 57.3 Å². The molecule has 0 aromatic heterocycles. The molecule has 0 spiro atoms. The van der Waals surface area contributed by atoms with E-state index in [1.165, 1.54) is 17.0 Å². The zero-order valence-electron chi connectivity index (χ0n) is 15.5. The molecule has 150 valence electrons. The lowest BCUT2D eigenvalue weighted by Gasteiger charge is -2.16. The van der Waals surface area contributed by atoms with Gasteiger partial charge in [0.15, 0.2) is 4.32 Å². The van der Waals surface area contributed by atoms with Crippen LogP contribution in [0, 0.1) is 0 Å². The second-order valence-electron chi connectivity index (χ2n) is 6.39. The van der Waals surface area contributed by atoms with Gasteiger partial charge < -0.3 is 10.0 Å². The van der Waals surface area contributed by atoms with Crippen LogP contribution in [0.15, 0.2) is 66.1 Å². The molecule has 7 nitrogen and oxygen atoms in total. The van der Waals surface area contributed by atoms with Gasteiger partial charge in [0.1, 0.15) is 5.75 Å². The number of carbonyl (C=O) groups excluding carboxylic acids is 3. The maximum absolute atomic E-state index is 13.1. The molecule has 9 heteroatoms. The van der Waals surface area contributed by atoms with Crippen LogP contribution in [0.1, 0.15) is 15.9 Å². The molecule has 2 aromatic carbocycles. The molecule has 2 N–H and O–H groups in total. The number of hydrogen-bond donors (Lipinski definition) is 2. The van der Waals surface area contributed by atoms with Gasteiger partial charge in [-0.25, -0.2) is 0 Å². The number of hydrogen-bond acceptors (Lipinski definition) is 6. The maximum Gasteiger partial charge on any atom is 0.286 e. The standard InChI is InChI=1S/C21H15N3O4S2/c1-2-11-23-14-9-5-3-7-12(14)16(19(23)27)17-20(28)24(21(29)30-17)22-18(26)13-8-4-6-10-15(13)25/h2-10,25H,1,11H2,(H,22,26)/b17-16+. The fourth-order valence-corrected chi connectivity index (χ4v) is 4.50. The molecule has 2 aliphatic rings. The van der Waals surface area contributed by atoms with Gasteiger partial charge in [-0.05, 0) is 30.4 Å². The third kappa shape index (κ3) is 3.17. The van der Waals surface area contributed by atoms with Gasteiger partial charge in [-0.2, -0.15) is 5.01 Å². The predicted molar refractivity (Wildman–Crippen MR) is 119 cm³/mol. The molecule has 2 aliphatic heterocycles. The molecule has 0 saturated carbocycles. The summed E-state index contributed by atoms with van der Waals surface area (Å²) in [4.78, 5) is 40.3. The van der Waals surface area contributed by atoms with Crippen molar-refractivity contribution in [2.45, 2.75) is 0 Å². The van der Waals surface area contributed by atoms with Crippen molar-refractivity contribution in [2.75, 3.05) is 11.4 Å². The molecule has 0 bridgehead atoms. The number of amides is 3. The van der Waals surface area contributed by atoms with Crippen molar-refractivity contribution in [3.05, 3.63) is 77.2 Å². The Morgan fingerprint density at radius 2 is 1.83 bits per heavy atom. The molecule has 30 heavy (non-hydrogen) atoms.